The number of nitro groups is 1. The van der Waals surface area contributed by atoms with Crippen molar-refractivity contribution in [1.29, 1.82) is 0 Å². The second-order valence-electron chi connectivity index (χ2n) is 12.0. The van der Waals surface area contributed by atoms with E-state index in [-0.39, 0.29) is 29.4 Å². The zero-order valence-electron chi connectivity index (χ0n) is 22.0. The largest absolute Gasteiger partial charge is 0.504 e. The molecule has 0 radical (unpaired) electrons. The number of rotatable bonds is 6. The molecule has 2 aromatic rings. The molecule has 2 N–H and O–H groups in total. The molecule has 3 fully saturated rings. The smallest absolute Gasteiger partial charge is 0.270 e. The van der Waals surface area contributed by atoms with Crippen molar-refractivity contribution >= 4 is 17.7 Å². The van der Waals surface area contributed by atoms with Gasteiger partial charge in [-0.05, 0) is 74.3 Å². The lowest BCUT2D eigenvalue weighted by Crippen LogP contribution is -2.78. The van der Waals surface area contributed by atoms with Gasteiger partial charge in [-0.3, -0.25) is 19.8 Å². The van der Waals surface area contributed by atoms with Gasteiger partial charge in [-0.15, -0.1) is 0 Å². The van der Waals surface area contributed by atoms with E-state index in [1.165, 1.54) is 31.1 Å². The first-order valence-electron chi connectivity index (χ1n) is 13.9. The molecule has 1 spiro atoms. The van der Waals surface area contributed by atoms with Gasteiger partial charge in [0, 0.05) is 43.4 Å². The molecule has 2 aliphatic heterocycles. The van der Waals surface area contributed by atoms with Crippen LogP contribution in [0.2, 0.25) is 0 Å². The molecule has 1 amide bonds. The van der Waals surface area contributed by atoms with Crippen LogP contribution in [0.5, 0.6) is 11.5 Å². The Morgan fingerprint density at radius 3 is 2.85 bits per heavy atom. The average Bonchev–Trinajstić information content (AvgIpc) is 3.67. The van der Waals surface area contributed by atoms with Crippen LogP contribution in [0, 0.1) is 16.0 Å². The number of carbonyl (C=O) groups excluding carboxylic acids is 1. The number of non-ortho nitro benzene ring substituents is 1. The molecule has 1 saturated heterocycles. The first-order chi connectivity index (χ1) is 18.7. The maximum Gasteiger partial charge on any atom is 0.270 e. The number of likely N-dealkylation sites (tertiary alicyclic amines) is 1. The topological polar surface area (TPSA) is 116 Å². The Morgan fingerprint density at radius 1 is 1.26 bits per heavy atom. The number of ether oxygens (including phenoxy) is 1. The molecule has 2 saturated carbocycles. The molecule has 0 aromatic heterocycles. The number of benzene rings is 2. The lowest BCUT2D eigenvalue weighted by molar-refractivity contribution is -0.384. The predicted octanol–water partition coefficient (Wildman–Crippen LogP) is 3.40. The summed E-state index contributed by atoms with van der Waals surface area (Å²) < 4.78 is 6.57. The fourth-order valence-corrected chi connectivity index (χ4v) is 8.04. The average molecular weight is 532 g/mol. The Hall–Kier alpha value is -3.43. The van der Waals surface area contributed by atoms with Crippen LogP contribution in [-0.2, 0) is 16.6 Å². The highest BCUT2D eigenvalue weighted by atomic mass is 16.6. The molecular formula is C30H33N3O6. The van der Waals surface area contributed by atoms with Crippen molar-refractivity contribution in [3.63, 3.8) is 0 Å². The van der Waals surface area contributed by atoms with Crippen molar-refractivity contribution in [2.24, 2.45) is 5.92 Å². The quantitative estimate of drug-likeness (QED) is 0.333. The maximum absolute atomic E-state index is 13.4. The van der Waals surface area contributed by atoms with Crippen LogP contribution >= 0.6 is 0 Å². The number of carbonyl (C=O) groups is 1. The Bertz CT molecular complexity index is 1410. The second kappa shape index (κ2) is 8.53. The number of amides is 1. The maximum atomic E-state index is 13.4. The molecule has 2 heterocycles. The molecule has 39 heavy (non-hydrogen) atoms. The van der Waals surface area contributed by atoms with Gasteiger partial charge in [-0.1, -0.05) is 18.2 Å². The van der Waals surface area contributed by atoms with Gasteiger partial charge in [0.05, 0.1) is 22.0 Å². The highest BCUT2D eigenvalue weighted by Gasteiger charge is 2.73. The van der Waals surface area contributed by atoms with E-state index in [4.69, 9.17) is 4.74 Å². The molecule has 2 bridgehead atoms. The lowest BCUT2D eigenvalue weighted by atomic mass is 9.48. The highest BCUT2D eigenvalue weighted by Crippen LogP contribution is 2.66. The van der Waals surface area contributed by atoms with Crippen LogP contribution in [0.3, 0.4) is 0 Å². The van der Waals surface area contributed by atoms with Crippen molar-refractivity contribution in [2.75, 3.05) is 20.1 Å². The van der Waals surface area contributed by atoms with Crippen LogP contribution in [0.25, 0.3) is 6.08 Å². The Morgan fingerprint density at radius 2 is 2.08 bits per heavy atom. The van der Waals surface area contributed by atoms with Gasteiger partial charge < -0.3 is 19.8 Å². The zero-order chi connectivity index (χ0) is 27.1. The van der Waals surface area contributed by atoms with Gasteiger partial charge in [0.25, 0.3) is 5.69 Å². The third kappa shape index (κ3) is 3.49. The van der Waals surface area contributed by atoms with Crippen molar-refractivity contribution in [3.05, 3.63) is 69.3 Å². The Kier molecular flexibility index (Phi) is 5.38. The molecule has 0 unspecified atom stereocenters. The van der Waals surface area contributed by atoms with Crippen LogP contribution < -0.4 is 4.74 Å². The first kappa shape index (κ1) is 24.6. The van der Waals surface area contributed by atoms with Gasteiger partial charge in [-0.2, -0.15) is 0 Å². The fraction of sp³-hybridized carbons (Fsp3) is 0.500. The number of phenolic OH excluding ortho intramolecular Hbond substituents is 1. The van der Waals surface area contributed by atoms with Crippen LogP contribution in [-0.4, -0.2) is 74.8 Å². The first-order valence-corrected chi connectivity index (χ1v) is 13.9. The molecule has 5 aliphatic rings. The third-order valence-electron chi connectivity index (χ3n) is 10.1. The zero-order valence-corrected chi connectivity index (χ0v) is 22.0. The monoisotopic (exact) mass is 531 g/mol. The normalized spacial score (nSPS) is 32.5. The predicted molar refractivity (Wildman–Crippen MR) is 143 cm³/mol. The lowest BCUT2D eigenvalue weighted by Gasteiger charge is -2.64. The summed E-state index contributed by atoms with van der Waals surface area (Å²) in [7, 11) is 1.75. The third-order valence-corrected chi connectivity index (χ3v) is 10.1. The summed E-state index contributed by atoms with van der Waals surface area (Å²) in [5, 5.41) is 34.5. The summed E-state index contributed by atoms with van der Waals surface area (Å²) in [5.41, 5.74) is 0.906. The highest BCUT2D eigenvalue weighted by molar-refractivity contribution is 5.92. The molecule has 204 valence electrons. The minimum atomic E-state index is -1.00. The Labute approximate surface area is 226 Å². The molecule has 5 atom stereocenters. The number of phenols is 1. The number of likely N-dealkylation sites (N-methyl/N-ethyl adjacent to an activating group) is 1. The molecule has 9 nitrogen and oxygen atoms in total. The van der Waals surface area contributed by atoms with E-state index in [0.717, 1.165) is 30.6 Å². The summed E-state index contributed by atoms with van der Waals surface area (Å²) in [6.07, 6.45) is 7.62. The molecule has 7 rings (SSSR count). The van der Waals surface area contributed by atoms with E-state index in [1.807, 2.05) is 6.07 Å². The van der Waals surface area contributed by atoms with Gasteiger partial charge in [0.2, 0.25) is 5.91 Å². The van der Waals surface area contributed by atoms with Crippen LogP contribution in [0.4, 0.5) is 5.69 Å². The van der Waals surface area contributed by atoms with Gasteiger partial charge >= 0.3 is 0 Å². The number of nitrogens with zero attached hydrogens (tertiary/aromatic N) is 3. The molecule has 3 aliphatic carbocycles. The molecular weight excluding hydrogens is 498 g/mol. The minimum absolute atomic E-state index is 0.0170. The number of piperidine rings is 1. The SMILES string of the molecule is CN(C(=O)/C=C/c1cccc([N+](=O)[O-])c1)[C@@H]1CC[C@@]2(O)[C@H]3Cc4ccc(O)c5c4[C@@]2(CCN3CC2CC2)[C@H]1O5. The van der Waals surface area contributed by atoms with Crippen molar-refractivity contribution in [3.8, 4) is 11.5 Å². The summed E-state index contributed by atoms with van der Waals surface area (Å²) >= 11 is 0. The van der Waals surface area contributed by atoms with E-state index in [2.05, 4.69) is 4.90 Å². The summed E-state index contributed by atoms with van der Waals surface area (Å²) in [6, 6.07) is 9.51. The van der Waals surface area contributed by atoms with Crippen LogP contribution in [0.15, 0.2) is 42.5 Å². The number of hydrogen-bond donors (Lipinski definition) is 2. The van der Waals surface area contributed by atoms with Crippen molar-refractivity contribution in [1.82, 2.24) is 9.80 Å². The van der Waals surface area contributed by atoms with E-state index >= 15 is 0 Å². The summed E-state index contributed by atoms with van der Waals surface area (Å²) in [6.45, 7) is 1.87. The number of hydrogen-bond acceptors (Lipinski definition) is 7. The summed E-state index contributed by atoms with van der Waals surface area (Å²) in [4.78, 5) is 28.2. The van der Waals surface area contributed by atoms with Gasteiger partial charge in [0.1, 0.15) is 6.10 Å². The molecule has 2 aromatic carbocycles. The van der Waals surface area contributed by atoms with Gasteiger partial charge in [-0.25, -0.2) is 0 Å². The van der Waals surface area contributed by atoms with Gasteiger partial charge in [0.15, 0.2) is 11.5 Å². The number of aromatic hydroxyl groups is 1. The van der Waals surface area contributed by atoms with E-state index in [1.54, 1.807) is 36.2 Å². The van der Waals surface area contributed by atoms with Crippen LogP contribution in [0.1, 0.15) is 48.8 Å². The van der Waals surface area contributed by atoms with Crippen molar-refractivity contribution < 1.29 is 24.7 Å². The fourth-order valence-electron chi connectivity index (χ4n) is 8.04. The van der Waals surface area contributed by atoms with E-state index < -0.39 is 22.0 Å². The Balaban J connectivity index is 1.22. The minimum Gasteiger partial charge on any atom is -0.504 e. The number of aliphatic hydroxyl groups is 1. The standard InChI is InChI=1S/C30H33N3O6/c1-31(25(35)10-7-18-3-2-4-21(15-18)33(37)38)22-11-12-30(36)24-16-20-8-9-23(34)27-26(20)29(30,28(22)39-27)13-14-32(24)17-19-5-6-19/h2-4,7-10,15,19,22,24,28,34,36H,5-6,11-14,16-17H2,1H3/b10-7+/t22-,24-,28+,29+,30-/m1/s1. The second-order valence-corrected chi connectivity index (χ2v) is 12.0. The van der Waals surface area contributed by atoms with Crippen molar-refractivity contribution in [2.45, 2.75) is 67.7 Å². The van der Waals surface area contributed by atoms with E-state index in [9.17, 15) is 25.1 Å². The summed E-state index contributed by atoms with van der Waals surface area (Å²) in [5.74, 6) is 1.02. The van der Waals surface area contributed by atoms with E-state index in [0.29, 0.717) is 36.5 Å². The number of nitro benzene ring substituents is 1. The molecule has 9 heteroatoms.